The highest BCUT2D eigenvalue weighted by molar-refractivity contribution is 5.97. The molecule has 1 atom stereocenters. The zero-order chi connectivity index (χ0) is 13.7. The highest BCUT2D eigenvalue weighted by atomic mass is 16.5. The Morgan fingerprint density at radius 1 is 1.42 bits per heavy atom. The third kappa shape index (κ3) is 3.47. The number of ether oxygens (including phenoxy) is 1. The van der Waals surface area contributed by atoms with Gasteiger partial charge in [0.2, 0.25) is 0 Å². The van der Waals surface area contributed by atoms with Gasteiger partial charge in [-0.25, -0.2) is 0 Å². The van der Waals surface area contributed by atoms with E-state index in [-0.39, 0.29) is 5.91 Å². The zero-order valence-electron chi connectivity index (χ0n) is 11.7. The average Bonchev–Trinajstić information content (AvgIpc) is 2.57. The first-order valence-corrected chi connectivity index (χ1v) is 6.97. The smallest absolute Gasteiger partial charge is 0.257 e. The SMILES string of the molecule is CCNC(C)CCN1CCOc2ccccc2C1=O. The molecule has 4 nitrogen and oxygen atoms in total. The van der Waals surface area contributed by atoms with Crippen LogP contribution in [0.2, 0.25) is 0 Å². The Bertz CT molecular complexity index is 434. The van der Waals surface area contributed by atoms with Crippen LogP contribution in [0.25, 0.3) is 0 Å². The summed E-state index contributed by atoms with van der Waals surface area (Å²) < 4.78 is 5.63. The fourth-order valence-electron chi connectivity index (χ4n) is 2.32. The molecule has 1 aliphatic rings. The first-order chi connectivity index (χ1) is 9.22. The Morgan fingerprint density at radius 3 is 3.00 bits per heavy atom. The number of hydrogen-bond acceptors (Lipinski definition) is 3. The predicted octanol–water partition coefficient (Wildman–Crippen LogP) is 1.91. The first kappa shape index (κ1) is 13.9. The van der Waals surface area contributed by atoms with Crippen molar-refractivity contribution in [3.63, 3.8) is 0 Å². The summed E-state index contributed by atoms with van der Waals surface area (Å²) in [5.41, 5.74) is 0.677. The molecule has 1 N–H and O–H groups in total. The van der Waals surface area contributed by atoms with E-state index in [1.165, 1.54) is 0 Å². The van der Waals surface area contributed by atoms with Crippen LogP contribution in [0.4, 0.5) is 0 Å². The van der Waals surface area contributed by atoms with Crippen molar-refractivity contribution in [3.8, 4) is 5.75 Å². The van der Waals surface area contributed by atoms with Crippen molar-refractivity contribution in [3.05, 3.63) is 29.8 Å². The van der Waals surface area contributed by atoms with Crippen LogP contribution >= 0.6 is 0 Å². The molecule has 1 amide bonds. The minimum Gasteiger partial charge on any atom is -0.491 e. The summed E-state index contributed by atoms with van der Waals surface area (Å²) in [5.74, 6) is 0.784. The molecule has 0 saturated heterocycles. The van der Waals surface area contributed by atoms with Gasteiger partial charge in [0.15, 0.2) is 0 Å². The standard InChI is InChI=1S/C15H22N2O2/c1-3-16-12(2)8-9-17-10-11-19-14-7-5-4-6-13(14)15(17)18/h4-7,12,16H,3,8-11H2,1-2H3. The van der Waals surface area contributed by atoms with Crippen molar-refractivity contribution in [1.29, 1.82) is 0 Å². The minimum atomic E-state index is 0.0804. The van der Waals surface area contributed by atoms with E-state index < -0.39 is 0 Å². The van der Waals surface area contributed by atoms with Crippen molar-refractivity contribution < 1.29 is 9.53 Å². The molecule has 0 bridgehead atoms. The first-order valence-electron chi connectivity index (χ1n) is 6.97. The number of fused-ring (bicyclic) bond motifs is 1. The van der Waals surface area contributed by atoms with Crippen molar-refractivity contribution in [2.45, 2.75) is 26.3 Å². The molecule has 2 rings (SSSR count). The fourth-order valence-corrected chi connectivity index (χ4v) is 2.32. The zero-order valence-corrected chi connectivity index (χ0v) is 11.7. The van der Waals surface area contributed by atoms with Gasteiger partial charge in [-0.1, -0.05) is 19.1 Å². The molecule has 104 valence electrons. The maximum Gasteiger partial charge on any atom is 0.257 e. The summed E-state index contributed by atoms with van der Waals surface area (Å²) >= 11 is 0. The highest BCUT2D eigenvalue weighted by Crippen LogP contribution is 2.22. The van der Waals surface area contributed by atoms with Crippen LogP contribution in [0.15, 0.2) is 24.3 Å². The second kappa shape index (κ2) is 6.57. The lowest BCUT2D eigenvalue weighted by atomic mass is 10.1. The van der Waals surface area contributed by atoms with Crippen molar-refractivity contribution >= 4 is 5.91 Å². The summed E-state index contributed by atoms with van der Waals surface area (Å²) in [6.45, 7) is 7.20. The summed E-state index contributed by atoms with van der Waals surface area (Å²) in [6.07, 6.45) is 0.960. The molecule has 0 saturated carbocycles. The molecular weight excluding hydrogens is 240 g/mol. The molecule has 0 spiro atoms. The largest absolute Gasteiger partial charge is 0.491 e. The average molecular weight is 262 g/mol. The van der Waals surface area contributed by atoms with Gasteiger partial charge >= 0.3 is 0 Å². The van der Waals surface area contributed by atoms with E-state index in [9.17, 15) is 4.79 Å². The van der Waals surface area contributed by atoms with Gasteiger partial charge in [0, 0.05) is 12.6 Å². The number of amides is 1. The van der Waals surface area contributed by atoms with Gasteiger partial charge in [0.05, 0.1) is 12.1 Å². The monoisotopic (exact) mass is 262 g/mol. The normalized spacial score (nSPS) is 16.5. The maximum absolute atomic E-state index is 12.4. The maximum atomic E-state index is 12.4. The number of carbonyl (C=O) groups excluding carboxylic acids is 1. The number of carbonyl (C=O) groups is 1. The molecule has 0 aromatic heterocycles. The third-order valence-electron chi connectivity index (χ3n) is 3.41. The van der Waals surface area contributed by atoms with E-state index in [0.717, 1.165) is 19.5 Å². The molecule has 0 aliphatic carbocycles. The Hall–Kier alpha value is -1.55. The lowest BCUT2D eigenvalue weighted by Gasteiger charge is -2.22. The minimum absolute atomic E-state index is 0.0804. The fraction of sp³-hybridized carbons (Fsp3) is 0.533. The van der Waals surface area contributed by atoms with E-state index in [1.807, 2.05) is 29.2 Å². The van der Waals surface area contributed by atoms with Crippen LogP contribution in [0, 0.1) is 0 Å². The molecular formula is C15H22N2O2. The van der Waals surface area contributed by atoms with E-state index >= 15 is 0 Å². The Morgan fingerprint density at radius 2 is 2.21 bits per heavy atom. The number of nitrogens with one attached hydrogen (secondary N) is 1. The number of benzene rings is 1. The summed E-state index contributed by atoms with van der Waals surface area (Å²) in [4.78, 5) is 14.3. The lowest BCUT2D eigenvalue weighted by Crippen LogP contribution is -2.37. The van der Waals surface area contributed by atoms with E-state index in [2.05, 4.69) is 19.2 Å². The molecule has 4 heteroatoms. The number of rotatable bonds is 5. The van der Waals surface area contributed by atoms with Gasteiger partial charge in [-0.2, -0.15) is 0 Å². The molecule has 1 heterocycles. The van der Waals surface area contributed by atoms with Gasteiger partial charge in [-0.3, -0.25) is 4.79 Å². The third-order valence-corrected chi connectivity index (χ3v) is 3.41. The van der Waals surface area contributed by atoms with Crippen LogP contribution < -0.4 is 10.1 Å². The summed E-state index contributed by atoms with van der Waals surface area (Å²) in [7, 11) is 0. The van der Waals surface area contributed by atoms with Crippen LogP contribution in [0.1, 0.15) is 30.6 Å². The molecule has 19 heavy (non-hydrogen) atoms. The van der Waals surface area contributed by atoms with E-state index in [0.29, 0.717) is 30.5 Å². The van der Waals surface area contributed by atoms with Gasteiger partial charge in [0.25, 0.3) is 5.91 Å². The highest BCUT2D eigenvalue weighted by Gasteiger charge is 2.22. The van der Waals surface area contributed by atoms with Crippen LogP contribution in [-0.4, -0.2) is 43.1 Å². The molecule has 1 aliphatic heterocycles. The Balaban J connectivity index is 2.01. The van der Waals surface area contributed by atoms with E-state index in [1.54, 1.807) is 0 Å². The number of hydrogen-bond donors (Lipinski definition) is 1. The lowest BCUT2D eigenvalue weighted by molar-refractivity contribution is 0.0750. The van der Waals surface area contributed by atoms with Crippen LogP contribution in [-0.2, 0) is 0 Å². The molecule has 0 radical (unpaired) electrons. The summed E-state index contributed by atoms with van der Waals surface area (Å²) in [6, 6.07) is 7.90. The quantitative estimate of drug-likeness (QED) is 0.881. The molecule has 1 unspecified atom stereocenters. The van der Waals surface area contributed by atoms with Gasteiger partial charge in [-0.05, 0) is 32.0 Å². The van der Waals surface area contributed by atoms with Crippen molar-refractivity contribution in [2.24, 2.45) is 0 Å². The molecule has 1 aromatic carbocycles. The van der Waals surface area contributed by atoms with Crippen LogP contribution in [0.3, 0.4) is 0 Å². The second-order valence-electron chi connectivity index (χ2n) is 4.88. The van der Waals surface area contributed by atoms with Gasteiger partial charge < -0.3 is 15.0 Å². The topological polar surface area (TPSA) is 41.6 Å². The van der Waals surface area contributed by atoms with Crippen molar-refractivity contribution in [1.82, 2.24) is 10.2 Å². The van der Waals surface area contributed by atoms with Crippen LogP contribution in [0.5, 0.6) is 5.75 Å². The predicted molar refractivity (Wildman–Crippen MR) is 75.6 cm³/mol. The van der Waals surface area contributed by atoms with E-state index in [4.69, 9.17) is 4.74 Å². The second-order valence-corrected chi connectivity index (χ2v) is 4.88. The Kier molecular flexibility index (Phi) is 4.80. The Labute approximate surface area is 114 Å². The van der Waals surface area contributed by atoms with Crippen molar-refractivity contribution in [2.75, 3.05) is 26.2 Å². The summed E-state index contributed by atoms with van der Waals surface area (Å²) in [5, 5.41) is 3.37. The van der Waals surface area contributed by atoms with Gasteiger partial charge in [0.1, 0.15) is 12.4 Å². The number of para-hydroxylation sites is 1. The number of nitrogens with zero attached hydrogens (tertiary/aromatic N) is 1. The molecule has 1 aromatic rings. The van der Waals surface area contributed by atoms with Gasteiger partial charge in [-0.15, -0.1) is 0 Å². The molecule has 0 fully saturated rings.